The van der Waals surface area contributed by atoms with Crippen molar-refractivity contribution in [3.05, 3.63) is 107 Å². The Labute approximate surface area is 197 Å². The molecule has 0 spiro atoms. The van der Waals surface area contributed by atoms with E-state index in [-0.39, 0.29) is 24.3 Å². The first-order valence-corrected chi connectivity index (χ1v) is 11.6. The van der Waals surface area contributed by atoms with Crippen LogP contribution < -0.4 is 5.32 Å². The van der Waals surface area contributed by atoms with Gasteiger partial charge in [-0.3, -0.25) is 9.59 Å². The van der Waals surface area contributed by atoms with Crippen LogP contribution in [0, 0.1) is 13.8 Å². The van der Waals surface area contributed by atoms with Crippen LogP contribution in [-0.2, 0) is 29.0 Å². The van der Waals surface area contributed by atoms with E-state index in [1.165, 1.54) is 0 Å². The summed E-state index contributed by atoms with van der Waals surface area (Å²) in [4.78, 5) is 28.8. The van der Waals surface area contributed by atoms with E-state index in [9.17, 15) is 9.59 Å². The fourth-order valence-corrected chi connectivity index (χ4v) is 3.90. The van der Waals surface area contributed by atoms with Crippen LogP contribution in [0.25, 0.3) is 0 Å². The zero-order chi connectivity index (χ0) is 23.8. The molecule has 0 aliphatic rings. The monoisotopic (exact) mass is 442 g/mol. The molecule has 3 aromatic carbocycles. The third kappa shape index (κ3) is 7.04. The number of carbonyl (C=O) groups is 2. The van der Waals surface area contributed by atoms with Gasteiger partial charge in [0, 0.05) is 19.0 Å². The number of carbonyl (C=O) groups excluding carboxylic acids is 2. The summed E-state index contributed by atoms with van der Waals surface area (Å²) in [6, 6.07) is 25.4. The van der Waals surface area contributed by atoms with Crippen molar-refractivity contribution in [2.75, 3.05) is 0 Å². The molecular formula is C29H34N2O2. The van der Waals surface area contributed by atoms with Crippen LogP contribution in [0.15, 0.2) is 78.9 Å². The highest BCUT2D eigenvalue weighted by Gasteiger charge is 2.30. The first kappa shape index (κ1) is 24.2. The second kappa shape index (κ2) is 11.5. The molecule has 0 radical (unpaired) electrons. The van der Waals surface area contributed by atoms with Gasteiger partial charge in [0.25, 0.3) is 0 Å². The van der Waals surface area contributed by atoms with Gasteiger partial charge in [0.1, 0.15) is 6.04 Å². The molecular weight excluding hydrogens is 408 g/mol. The van der Waals surface area contributed by atoms with Gasteiger partial charge in [0.05, 0.1) is 6.42 Å². The van der Waals surface area contributed by atoms with Gasteiger partial charge in [-0.2, -0.15) is 0 Å². The number of nitrogens with one attached hydrogen (secondary N) is 1. The molecule has 4 heteroatoms. The summed E-state index contributed by atoms with van der Waals surface area (Å²) in [7, 11) is 0. The maximum atomic E-state index is 13.7. The standard InChI is InChI=1S/C29H34N2O2/c1-21(2)30-29(33)27(18-24-11-6-5-7-12-24)31(20-25-16-14-22(3)15-17-25)28(32)19-26-13-9-8-10-23(26)4/h5-17,21,27H,18-20H2,1-4H3,(H,30,33). The maximum Gasteiger partial charge on any atom is 0.243 e. The zero-order valence-corrected chi connectivity index (χ0v) is 20.0. The van der Waals surface area contributed by atoms with E-state index in [0.717, 1.165) is 27.8 Å². The van der Waals surface area contributed by atoms with Crippen molar-refractivity contribution in [1.82, 2.24) is 10.2 Å². The molecule has 1 atom stereocenters. The number of hydrogen-bond acceptors (Lipinski definition) is 2. The first-order valence-electron chi connectivity index (χ1n) is 11.6. The van der Waals surface area contributed by atoms with Crippen LogP contribution in [0.1, 0.15) is 41.7 Å². The van der Waals surface area contributed by atoms with E-state index < -0.39 is 6.04 Å². The molecule has 2 amide bonds. The molecule has 0 bridgehead atoms. The molecule has 0 saturated carbocycles. The van der Waals surface area contributed by atoms with Crippen LogP contribution >= 0.6 is 0 Å². The molecule has 0 saturated heterocycles. The lowest BCUT2D eigenvalue weighted by Gasteiger charge is -2.32. The van der Waals surface area contributed by atoms with Gasteiger partial charge in [-0.1, -0.05) is 84.4 Å². The minimum atomic E-state index is -0.604. The van der Waals surface area contributed by atoms with E-state index in [0.29, 0.717) is 13.0 Å². The van der Waals surface area contributed by atoms with Crippen molar-refractivity contribution in [2.24, 2.45) is 0 Å². The quantitative estimate of drug-likeness (QED) is 0.506. The Bertz CT molecular complexity index is 1060. The summed E-state index contributed by atoms with van der Waals surface area (Å²) >= 11 is 0. The van der Waals surface area contributed by atoms with E-state index >= 15 is 0 Å². The van der Waals surface area contributed by atoms with Crippen LogP contribution in [0.4, 0.5) is 0 Å². The second-order valence-corrected chi connectivity index (χ2v) is 8.98. The molecule has 172 valence electrons. The van der Waals surface area contributed by atoms with E-state index in [4.69, 9.17) is 0 Å². The Kier molecular flexibility index (Phi) is 8.42. The lowest BCUT2D eigenvalue weighted by Crippen LogP contribution is -2.52. The topological polar surface area (TPSA) is 49.4 Å². The molecule has 0 aliphatic heterocycles. The fraction of sp³-hybridized carbons (Fsp3) is 0.310. The van der Waals surface area contributed by atoms with Crippen molar-refractivity contribution >= 4 is 11.8 Å². The Hall–Kier alpha value is -3.40. The van der Waals surface area contributed by atoms with Gasteiger partial charge >= 0.3 is 0 Å². The predicted octanol–water partition coefficient (Wildman–Crippen LogP) is 5.01. The lowest BCUT2D eigenvalue weighted by atomic mass is 10.00. The predicted molar refractivity (Wildman–Crippen MR) is 134 cm³/mol. The molecule has 0 fully saturated rings. The average Bonchev–Trinajstić information content (AvgIpc) is 2.79. The summed E-state index contributed by atoms with van der Waals surface area (Å²) in [5.41, 5.74) is 5.26. The molecule has 1 N–H and O–H groups in total. The van der Waals surface area contributed by atoms with Crippen molar-refractivity contribution < 1.29 is 9.59 Å². The van der Waals surface area contributed by atoms with Gasteiger partial charge in [-0.25, -0.2) is 0 Å². The minimum absolute atomic E-state index is 0.0107. The van der Waals surface area contributed by atoms with Crippen LogP contribution in [0.3, 0.4) is 0 Å². The highest BCUT2D eigenvalue weighted by atomic mass is 16.2. The van der Waals surface area contributed by atoms with Gasteiger partial charge in [-0.05, 0) is 49.9 Å². The van der Waals surface area contributed by atoms with Gasteiger partial charge in [0.2, 0.25) is 11.8 Å². The Morgan fingerprint density at radius 1 is 0.818 bits per heavy atom. The van der Waals surface area contributed by atoms with Crippen LogP contribution in [-0.4, -0.2) is 28.8 Å². The summed E-state index contributed by atoms with van der Waals surface area (Å²) in [5.74, 6) is -0.177. The van der Waals surface area contributed by atoms with Crippen molar-refractivity contribution in [1.29, 1.82) is 0 Å². The van der Waals surface area contributed by atoms with Crippen molar-refractivity contribution in [3.63, 3.8) is 0 Å². The second-order valence-electron chi connectivity index (χ2n) is 8.98. The number of aryl methyl sites for hydroxylation is 2. The Balaban J connectivity index is 1.97. The van der Waals surface area contributed by atoms with E-state index in [2.05, 4.69) is 5.32 Å². The minimum Gasteiger partial charge on any atom is -0.352 e. The van der Waals surface area contributed by atoms with Crippen LogP contribution in [0.5, 0.6) is 0 Å². The Morgan fingerprint density at radius 2 is 1.45 bits per heavy atom. The fourth-order valence-electron chi connectivity index (χ4n) is 3.90. The normalized spacial score (nSPS) is 11.8. The molecule has 0 aliphatic carbocycles. The highest BCUT2D eigenvalue weighted by molar-refractivity contribution is 5.89. The molecule has 1 unspecified atom stereocenters. The van der Waals surface area contributed by atoms with Gasteiger partial charge < -0.3 is 10.2 Å². The van der Waals surface area contributed by atoms with E-state index in [1.54, 1.807) is 4.90 Å². The van der Waals surface area contributed by atoms with Crippen molar-refractivity contribution in [3.8, 4) is 0 Å². The SMILES string of the molecule is Cc1ccc(CN(C(=O)Cc2ccccc2C)C(Cc2ccccc2)C(=O)NC(C)C)cc1. The maximum absolute atomic E-state index is 13.7. The molecule has 33 heavy (non-hydrogen) atoms. The zero-order valence-electron chi connectivity index (χ0n) is 20.0. The number of hydrogen-bond donors (Lipinski definition) is 1. The van der Waals surface area contributed by atoms with Gasteiger partial charge in [-0.15, -0.1) is 0 Å². The van der Waals surface area contributed by atoms with Crippen molar-refractivity contribution in [2.45, 2.75) is 59.2 Å². The summed E-state index contributed by atoms with van der Waals surface area (Å²) in [6.07, 6.45) is 0.726. The summed E-state index contributed by atoms with van der Waals surface area (Å²) in [5, 5.41) is 3.04. The lowest BCUT2D eigenvalue weighted by molar-refractivity contribution is -0.141. The van der Waals surface area contributed by atoms with Gasteiger partial charge in [0.15, 0.2) is 0 Å². The summed E-state index contributed by atoms with van der Waals surface area (Å²) < 4.78 is 0. The third-order valence-electron chi connectivity index (χ3n) is 5.78. The number of nitrogens with zero attached hydrogens (tertiary/aromatic N) is 1. The molecule has 4 nitrogen and oxygen atoms in total. The van der Waals surface area contributed by atoms with E-state index in [1.807, 2.05) is 107 Å². The summed E-state index contributed by atoms with van der Waals surface area (Å²) in [6.45, 7) is 8.32. The number of rotatable bonds is 9. The average molecular weight is 443 g/mol. The molecule has 0 aromatic heterocycles. The highest BCUT2D eigenvalue weighted by Crippen LogP contribution is 2.18. The first-order chi connectivity index (χ1) is 15.8. The molecule has 0 heterocycles. The number of amides is 2. The smallest absolute Gasteiger partial charge is 0.243 e. The molecule has 3 rings (SSSR count). The Morgan fingerprint density at radius 3 is 2.09 bits per heavy atom. The number of benzene rings is 3. The van der Waals surface area contributed by atoms with Crippen LogP contribution in [0.2, 0.25) is 0 Å². The third-order valence-corrected chi connectivity index (χ3v) is 5.78. The molecule has 3 aromatic rings. The largest absolute Gasteiger partial charge is 0.352 e.